The van der Waals surface area contributed by atoms with Gasteiger partial charge in [-0.05, 0) is 42.7 Å². The lowest BCUT2D eigenvalue weighted by Crippen LogP contribution is -2.47. The van der Waals surface area contributed by atoms with Crippen LogP contribution in [-0.4, -0.2) is 65.8 Å². The number of sulfonamides is 1. The third-order valence-corrected chi connectivity index (χ3v) is 9.21. The molecular weight excluding hydrogens is 500 g/mol. The van der Waals surface area contributed by atoms with Gasteiger partial charge in [0.15, 0.2) is 5.82 Å². The van der Waals surface area contributed by atoms with Crippen LogP contribution in [0.3, 0.4) is 0 Å². The summed E-state index contributed by atoms with van der Waals surface area (Å²) in [5.74, 6) is 0.659. The number of hydrogen-bond donors (Lipinski definition) is 1. The molecule has 1 fully saturated rings. The highest BCUT2D eigenvalue weighted by Gasteiger charge is 2.40. The van der Waals surface area contributed by atoms with Crippen molar-refractivity contribution in [2.45, 2.75) is 49.2 Å². The maximum atomic E-state index is 12.7. The topological polar surface area (TPSA) is 120 Å². The van der Waals surface area contributed by atoms with Crippen molar-refractivity contribution in [3.8, 4) is 6.07 Å². The number of rotatable bonds is 8. The molecule has 198 valence electrons. The third-order valence-electron chi connectivity index (χ3n) is 7.40. The van der Waals surface area contributed by atoms with Gasteiger partial charge in [0.1, 0.15) is 0 Å². The first-order valence-corrected chi connectivity index (χ1v) is 14.1. The molecule has 4 heterocycles. The van der Waals surface area contributed by atoms with E-state index in [0.29, 0.717) is 30.9 Å². The Morgan fingerprint density at radius 1 is 1.18 bits per heavy atom. The summed E-state index contributed by atoms with van der Waals surface area (Å²) in [6.45, 7) is 3.03. The summed E-state index contributed by atoms with van der Waals surface area (Å²) in [7, 11) is -0.534. The lowest BCUT2D eigenvalue weighted by molar-refractivity contribution is 0.0956. The maximum Gasteiger partial charge on any atom is 0.242 e. The fraction of sp³-hybridized carbons (Fsp3) is 0.407. The molecule has 1 N–H and O–H groups in total. The van der Waals surface area contributed by atoms with E-state index in [2.05, 4.69) is 37.0 Å². The standard InChI is InChI=1S/C27H32N8O2S/c1-33(2)38(36,37)23-7-3-6-22(17-23)31-26-24-19-30-14-8-25(24)35(32-26)27(9-12-28)10-15-34(16-11-27)20-21-5-4-13-29-18-21/h3-7,13-14,17-18H,8-11,15-16,19-20H2,1-2H3,(H,31,32). The highest BCUT2D eigenvalue weighted by atomic mass is 32.2. The first kappa shape index (κ1) is 26.0. The number of piperidine rings is 1. The van der Waals surface area contributed by atoms with E-state index in [-0.39, 0.29) is 4.90 Å². The number of benzene rings is 1. The molecule has 0 unspecified atom stereocenters. The zero-order chi connectivity index (χ0) is 26.8. The Balaban J connectivity index is 1.43. The first-order chi connectivity index (χ1) is 18.3. The molecule has 0 atom stereocenters. The molecule has 0 radical (unpaired) electrons. The Labute approximate surface area is 223 Å². The molecule has 0 bridgehead atoms. The van der Waals surface area contributed by atoms with Gasteiger partial charge in [-0.15, -0.1) is 0 Å². The van der Waals surface area contributed by atoms with E-state index >= 15 is 0 Å². The van der Waals surface area contributed by atoms with Crippen LogP contribution >= 0.6 is 0 Å². The predicted molar refractivity (Wildman–Crippen MR) is 146 cm³/mol. The average molecular weight is 533 g/mol. The van der Waals surface area contributed by atoms with Gasteiger partial charge in [0, 0.05) is 70.0 Å². The lowest BCUT2D eigenvalue weighted by Gasteiger charge is -2.41. The second kappa shape index (κ2) is 10.6. The van der Waals surface area contributed by atoms with Crippen molar-refractivity contribution in [2.75, 3.05) is 32.5 Å². The monoisotopic (exact) mass is 532 g/mol. The van der Waals surface area contributed by atoms with Gasteiger partial charge in [-0.3, -0.25) is 19.6 Å². The molecule has 0 saturated carbocycles. The number of pyridine rings is 1. The van der Waals surface area contributed by atoms with E-state index in [9.17, 15) is 13.7 Å². The molecule has 2 aromatic heterocycles. The van der Waals surface area contributed by atoms with Crippen molar-refractivity contribution in [1.29, 1.82) is 5.26 Å². The molecule has 1 saturated heterocycles. The van der Waals surface area contributed by atoms with Crippen LogP contribution < -0.4 is 5.32 Å². The van der Waals surface area contributed by atoms with Crippen LogP contribution in [0.15, 0.2) is 58.7 Å². The minimum atomic E-state index is -3.57. The minimum absolute atomic E-state index is 0.209. The van der Waals surface area contributed by atoms with E-state index in [1.807, 2.05) is 24.5 Å². The molecule has 2 aliphatic heterocycles. The molecule has 1 aromatic carbocycles. The average Bonchev–Trinajstić information content (AvgIpc) is 3.30. The zero-order valence-corrected chi connectivity index (χ0v) is 22.5. The van der Waals surface area contributed by atoms with E-state index in [0.717, 1.165) is 43.7 Å². The number of nitriles is 1. The van der Waals surface area contributed by atoms with Crippen LogP contribution in [0.4, 0.5) is 11.5 Å². The molecule has 38 heavy (non-hydrogen) atoms. The van der Waals surface area contributed by atoms with Gasteiger partial charge in [0.05, 0.1) is 35.2 Å². The summed E-state index contributed by atoms with van der Waals surface area (Å²) in [5, 5.41) is 18.2. The van der Waals surface area contributed by atoms with Crippen LogP contribution in [0, 0.1) is 11.3 Å². The van der Waals surface area contributed by atoms with Crippen molar-refractivity contribution in [3.05, 3.63) is 65.6 Å². The van der Waals surface area contributed by atoms with E-state index < -0.39 is 15.6 Å². The fourth-order valence-electron chi connectivity index (χ4n) is 5.23. The summed E-state index contributed by atoms with van der Waals surface area (Å²) in [6.07, 6.45) is 8.22. The Morgan fingerprint density at radius 2 is 2.00 bits per heavy atom. The Bertz CT molecular complexity index is 1470. The number of nitrogens with one attached hydrogen (secondary N) is 1. The second-order valence-corrected chi connectivity index (χ2v) is 12.2. The van der Waals surface area contributed by atoms with Crippen LogP contribution in [-0.2, 0) is 35.1 Å². The summed E-state index contributed by atoms with van der Waals surface area (Å²) in [6, 6.07) is 13.2. The van der Waals surface area contributed by atoms with Crippen molar-refractivity contribution in [1.82, 2.24) is 24.0 Å². The predicted octanol–water partition coefficient (Wildman–Crippen LogP) is 3.30. The summed E-state index contributed by atoms with van der Waals surface area (Å²) in [5.41, 5.74) is 3.46. The van der Waals surface area contributed by atoms with Crippen LogP contribution in [0.25, 0.3) is 0 Å². The number of nitrogens with zero attached hydrogens (tertiary/aromatic N) is 7. The third kappa shape index (κ3) is 5.07. The number of hydrogen-bond acceptors (Lipinski definition) is 8. The minimum Gasteiger partial charge on any atom is -0.338 e. The molecule has 0 aliphatic carbocycles. The number of fused-ring (bicyclic) bond motifs is 1. The lowest BCUT2D eigenvalue weighted by atomic mass is 9.84. The second-order valence-electron chi connectivity index (χ2n) is 10.0. The maximum absolute atomic E-state index is 12.7. The Hall–Kier alpha value is -3.59. The molecule has 10 nitrogen and oxygen atoms in total. The van der Waals surface area contributed by atoms with E-state index in [4.69, 9.17) is 5.10 Å². The molecule has 5 rings (SSSR count). The SMILES string of the molecule is CN(C)S(=O)(=O)c1cccc(Nc2nn(C3(CC#N)CCN(Cc4cccnc4)CC3)c3c2CN=CC3)c1. The van der Waals surface area contributed by atoms with Gasteiger partial charge in [0.25, 0.3) is 0 Å². The Morgan fingerprint density at radius 3 is 2.71 bits per heavy atom. The largest absolute Gasteiger partial charge is 0.338 e. The van der Waals surface area contributed by atoms with Crippen LogP contribution in [0.1, 0.15) is 36.1 Å². The molecule has 11 heteroatoms. The molecule has 3 aromatic rings. The smallest absolute Gasteiger partial charge is 0.242 e. The van der Waals surface area contributed by atoms with Gasteiger partial charge < -0.3 is 5.32 Å². The van der Waals surface area contributed by atoms with E-state index in [1.165, 1.54) is 24.0 Å². The first-order valence-electron chi connectivity index (χ1n) is 12.7. The van der Waals surface area contributed by atoms with Gasteiger partial charge in [-0.2, -0.15) is 10.4 Å². The number of likely N-dealkylation sites (tertiary alicyclic amines) is 1. The van der Waals surface area contributed by atoms with Gasteiger partial charge >= 0.3 is 0 Å². The number of anilines is 2. The number of aliphatic imine (C=N–C) groups is 1. The summed E-state index contributed by atoms with van der Waals surface area (Å²) < 4.78 is 28.6. The van der Waals surface area contributed by atoms with Crippen LogP contribution in [0.2, 0.25) is 0 Å². The summed E-state index contributed by atoms with van der Waals surface area (Å²) in [4.78, 5) is 11.3. The molecule has 2 aliphatic rings. The van der Waals surface area contributed by atoms with Crippen molar-refractivity contribution in [3.63, 3.8) is 0 Å². The van der Waals surface area contributed by atoms with E-state index in [1.54, 1.807) is 24.4 Å². The molecule has 0 spiro atoms. The highest BCUT2D eigenvalue weighted by molar-refractivity contribution is 7.89. The highest BCUT2D eigenvalue weighted by Crippen LogP contribution is 2.38. The fourth-order valence-corrected chi connectivity index (χ4v) is 6.18. The Kier molecular flexibility index (Phi) is 7.29. The zero-order valence-electron chi connectivity index (χ0n) is 21.7. The number of aromatic nitrogens is 3. The normalized spacial score (nSPS) is 17.2. The van der Waals surface area contributed by atoms with Crippen molar-refractivity contribution in [2.24, 2.45) is 4.99 Å². The molecule has 0 amide bonds. The summed E-state index contributed by atoms with van der Waals surface area (Å²) >= 11 is 0. The van der Waals surface area contributed by atoms with Gasteiger partial charge in [-0.25, -0.2) is 12.7 Å². The van der Waals surface area contributed by atoms with Gasteiger partial charge in [-0.1, -0.05) is 12.1 Å². The van der Waals surface area contributed by atoms with Crippen molar-refractivity contribution >= 4 is 27.7 Å². The molecular formula is C27H32N8O2S. The quantitative estimate of drug-likeness (QED) is 0.473. The van der Waals surface area contributed by atoms with Gasteiger partial charge in [0.2, 0.25) is 10.0 Å². The van der Waals surface area contributed by atoms with Crippen molar-refractivity contribution < 1.29 is 8.42 Å². The van der Waals surface area contributed by atoms with Crippen LogP contribution in [0.5, 0.6) is 0 Å².